The highest BCUT2D eigenvalue weighted by molar-refractivity contribution is 6.21. The standard InChI is InChI=1S/C20H31Cl/c1-4-15-13-16(5-2)19(17(6-3)14-15)20(21)18-11-9-7-8-10-12-18/h13-14,18,20H,4-12H2,1-3H3. The van der Waals surface area contributed by atoms with Crippen LogP contribution in [0.5, 0.6) is 0 Å². The Hall–Kier alpha value is -0.490. The summed E-state index contributed by atoms with van der Waals surface area (Å²) in [6.45, 7) is 6.79. The molecule has 0 N–H and O–H groups in total. The summed E-state index contributed by atoms with van der Waals surface area (Å²) in [5.41, 5.74) is 5.94. The molecule has 1 heteroatoms. The molecule has 1 aliphatic carbocycles. The summed E-state index contributed by atoms with van der Waals surface area (Å²) in [6, 6.07) is 4.81. The molecular formula is C20H31Cl. The average Bonchev–Trinajstić information content (AvgIpc) is 2.81. The Morgan fingerprint density at radius 2 is 1.43 bits per heavy atom. The predicted octanol–water partition coefficient (Wildman–Crippen LogP) is 6.62. The van der Waals surface area contributed by atoms with Crippen molar-refractivity contribution in [2.24, 2.45) is 5.92 Å². The molecule has 0 heterocycles. The first kappa shape index (κ1) is 16.9. The highest BCUT2D eigenvalue weighted by atomic mass is 35.5. The Balaban J connectivity index is 2.35. The van der Waals surface area contributed by atoms with Crippen molar-refractivity contribution in [2.75, 3.05) is 0 Å². The van der Waals surface area contributed by atoms with Gasteiger partial charge in [0.15, 0.2) is 0 Å². The average molecular weight is 307 g/mol. The maximum Gasteiger partial charge on any atom is 0.0618 e. The van der Waals surface area contributed by atoms with E-state index < -0.39 is 0 Å². The highest BCUT2D eigenvalue weighted by Crippen LogP contribution is 2.41. The molecule has 2 rings (SSSR count). The van der Waals surface area contributed by atoms with E-state index in [2.05, 4.69) is 32.9 Å². The van der Waals surface area contributed by atoms with Gasteiger partial charge in [-0.1, -0.05) is 58.6 Å². The summed E-state index contributed by atoms with van der Waals surface area (Å²) in [4.78, 5) is 0. The van der Waals surface area contributed by atoms with Gasteiger partial charge in [-0.15, -0.1) is 11.6 Å². The Morgan fingerprint density at radius 1 is 0.905 bits per heavy atom. The first-order valence-electron chi connectivity index (χ1n) is 8.99. The van der Waals surface area contributed by atoms with E-state index in [1.165, 1.54) is 60.8 Å². The third kappa shape index (κ3) is 4.03. The largest absolute Gasteiger partial charge is 0.118 e. The Labute approximate surface area is 136 Å². The number of hydrogen-bond acceptors (Lipinski definition) is 0. The Morgan fingerprint density at radius 3 is 1.86 bits per heavy atom. The van der Waals surface area contributed by atoms with E-state index >= 15 is 0 Å². The molecule has 21 heavy (non-hydrogen) atoms. The van der Waals surface area contributed by atoms with Gasteiger partial charge < -0.3 is 0 Å². The van der Waals surface area contributed by atoms with Crippen LogP contribution in [-0.2, 0) is 19.3 Å². The fraction of sp³-hybridized carbons (Fsp3) is 0.700. The first-order valence-corrected chi connectivity index (χ1v) is 9.43. The van der Waals surface area contributed by atoms with Gasteiger partial charge >= 0.3 is 0 Å². The van der Waals surface area contributed by atoms with Crippen molar-refractivity contribution in [1.29, 1.82) is 0 Å². The second-order valence-electron chi connectivity index (χ2n) is 6.54. The van der Waals surface area contributed by atoms with Crippen molar-refractivity contribution in [3.8, 4) is 0 Å². The van der Waals surface area contributed by atoms with Crippen molar-refractivity contribution < 1.29 is 0 Å². The minimum absolute atomic E-state index is 0.221. The predicted molar refractivity (Wildman–Crippen MR) is 94.4 cm³/mol. The van der Waals surface area contributed by atoms with E-state index in [-0.39, 0.29) is 5.38 Å². The fourth-order valence-electron chi connectivity index (χ4n) is 3.83. The summed E-state index contributed by atoms with van der Waals surface area (Å²) in [5.74, 6) is 0.678. The summed E-state index contributed by atoms with van der Waals surface area (Å²) in [6.07, 6.45) is 11.5. The van der Waals surface area contributed by atoms with Crippen LogP contribution in [0.1, 0.15) is 86.9 Å². The molecular weight excluding hydrogens is 276 g/mol. The minimum Gasteiger partial charge on any atom is -0.118 e. The van der Waals surface area contributed by atoms with Gasteiger partial charge in [-0.05, 0) is 60.3 Å². The van der Waals surface area contributed by atoms with Crippen LogP contribution in [0.2, 0.25) is 0 Å². The number of rotatable bonds is 5. The van der Waals surface area contributed by atoms with E-state index in [0.717, 1.165) is 19.3 Å². The lowest BCUT2D eigenvalue weighted by molar-refractivity contribution is 0.442. The molecule has 1 fully saturated rings. The molecule has 0 bridgehead atoms. The van der Waals surface area contributed by atoms with Gasteiger partial charge in [0.25, 0.3) is 0 Å². The lowest BCUT2D eigenvalue weighted by Gasteiger charge is -2.26. The molecule has 1 unspecified atom stereocenters. The van der Waals surface area contributed by atoms with Gasteiger partial charge in [0.1, 0.15) is 0 Å². The molecule has 0 nitrogen and oxygen atoms in total. The normalized spacial score (nSPS) is 18.5. The molecule has 1 aromatic carbocycles. The zero-order valence-corrected chi connectivity index (χ0v) is 14.8. The van der Waals surface area contributed by atoms with Crippen LogP contribution >= 0.6 is 11.6 Å². The van der Waals surface area contributed by atoms with Gasteiger partial charge in [0, 0.05) is 0 Å². The van der Waals surface area contributed by atoms with Gasteiger partial charge in [-0.3, -0.25) is 0 Å². The smallest absolute Gasteiger partial charge is 0.0618 e. The zero-order chi connectivity index (χ0) is 15.2. The van der Waals surface area contributed by atoms with Crippen molar-refractivity contribution in [2.45, 2.75) is 83.9 Å². The van der Waals surface area contributed by atoms with Crippen LogP contribution in [-0.4, -0.2) is 0 Å². The highest BCUT2D eigenvalue weighted by Gasteiger charge is 2.26. The second kappa shape index (κ2) is 8.22. The molecule has 1 aromatic rings. The summed E-state index contributed by atoms with van der Waals surface area (Å²) in [7, 11) is 0. The third-order valence-corrected chi connectivity index (χ3v) is 5.75. The number of benzene rings is 1. The molecule has 0 spiro atoms. The molecule has 0 amide bonds. The third-order valence-electron chi connectivity index (χ3n) is 5.17. The maximum absolute atomic E-state index is 7.02. The topological polar surface area (TPSA) is 0 Å². The summed E-state index contributed by atoms with van der Waals surface area (Å²) < 4.78 is 0. The van der Waals surface area contributed by atoms with Crippen molar-refractivity contribution in [3.63, 3.8) is 0 Å². The monoisotopic (exact) mass is 306 g/mol. The number of hydrogen-bond donors (Lipinski definition) is 0. The second-order valence-corrected chi connectivity index (χ2v) is 7.01. The molecule has 1 atom stereocenters. The fourth-order valence-corrected chi connectivity index (χ4v) is 4.37. The Kier molecular flexibility index (Phi) is 6.61. The van der Waals surface area contributed by atoms with Crippen LogP contribution in [0, 0.1) is 5.92 Å². The Bertz CT molecular complexity index is 416. The van der Waals surface area contributed by atoms with Gasteiger partial charge in [-0.2, -0.15) is 0 Å². The minimum atomic E-state index is 0.221. The van der Waals surface area contributed by atoms with Crippen molar-refractivity contribution >= 4 is 11.6 Å². The van der Waals surface area contributed by atoms with Crippen LogP contribution < -0.4 is 0 Å². The SMILES string of the molecule is CCc1cc(CC)c(C(Cl)C2CCCCCC2)c(CC)c1. The van der Waals surface area contributed by atoms with E-state index in [0.29, 0.717) is 5.92 Å². The van der Waals surface area contributed by atoms with E-state index in [9.17, 15) is 0 Å². The number of halogens is 1. The van der Waals surface area contributed by atoms with Crippen LogP contribution in [0.15, 0.2) is 12.1 Å². The molecule has 0 aromatic heterocycles. The molecule has 0 aliphatic heterocycles. The van der Waals surface area contributed by atoms with Gasteiger partial charge in [-0.25, -0.2) is 0 Å². The van der Waals surface area contributed by atoms with Gasteiger partial charge in [0.2, 0.25) is 0 Å². The number of alkyl halides is 1. The van der Waals surface area contributed by atoms with Crippen LogP contribution in [0.25, 0.3) is 0 Å². The maximum atomic E-state index is 7.02. The van der Waals surface area contributed by atoms with Crippen molar-refractivity contribution in [1.82, 2.24) is 0 Å². The zero-order valence-electron chi connectivity index (χ0n) is 14.1. The molecule has 1 saturated carbocycles. The van der Waals surface area contributed by atoms with E-state index in [1.54, 1.807) is 0 Å². The summed E-state index contributed by atoms with van der Waals surface area (Å²) >= 11 is 7.02. The molecule has 0 radical (unpaired) electrons. The first-order chi connectivity index (χ1) is 10.2. The van der Waals surface area contributed by atoms with E-state index in [1.807, 2.05) is 0 Å². The van der Waals surface area contributed by atoms with E-state index in [4.69, 9.17) is 11.6 Å². The summed E-state index contributed by atoms with van der Waals surface area (Å²) in [5, 5.41) is 0.221. The lowest BCUT2D eigenvalue weighted by Crippen LogP contribution is -2.12. The van der Waals surface area contributed by atoms with Crippen LogP contribution in [0.4, 0.5) is 0 Å². The lowest BCUT2D eigenvalue weighted by atomic mass is 9.84. The van der Waals surface area contributed by atoms with Crippen LogP contribution in [0.3, 0.4) is 0 Å². The molecule has 118 valence electrons. The molecule has 1 aliphatic rings. The number of aryl methyl sites for hydroxylation is 3. The molecule has 0 saturated heterocycles. The van der Waals surface area contributed by atoms with Gasteiger partial charge in [0.05, 0.1) is 5.38 Å². The quantitative estimate of drug-likeness (QED) is 0.423. The van der Waals surface area contributed by atoms with Crippen molar-refractivity contribution in [3.05, 3.63) is 34.4 Å².